The first-order valence-corrected chi connectivity index (χ1v) is 12.7. The molecule has 5 rings (SSSR count). The Bertz CT molecular complexity index is 1170. The first-order chi connectivity index (χ1) is 14.5. The van der Waals surface area contributed by atoms with E-state index in [-0.39, 0.29) is 0 Å². The van der Waals surface area contributed by atoms with Crippen molar-refractivity contribution in [2.45, 2.75) is 37.6 Å². The summed E-state index contributed by atoms with van der Waals surface area (Å²) in [5, 5.41) is 0. The summed E-state index contributed by atoms with van der Waals surface area (Å²) in [6.45, 7) is 6.05. The van der Waals surface area contributed by atoms with Gasteiger partial charge in [-0.05, 0) is 54.9 Å². The third kappa shape index (κ3) is 3.66. The maximum Gasteiger partial charge on any atom is 0.245 e. The van der Waals surface area contributed by atoms with Crippen LogP contribution >= 0.6 is 11.7 Å². The zero-order chi connectivity index (χ0) is 20.7. The van der Waals surface area contributed by atoms with E-state index >= 15 is 0 Å². The number of nitrogens with zero attached hydrogens (tertiary/aromatic N) is 4. The highest BCUT2D eigenvalue weighted by Crippen LogP contribution is 2.30. The summed E-state index contributed by atoms with van der Waals surface area (Å²) in [5.74, 6) is 0.355. The zero-order valence-corrected chi connectivity index (χ0v) is 18.8. The minimum atomic E-state index is -3.58. The Balaban J connectivity index is 1.33. The normalized spacial score (nSPS) is 21.0. The Kier molecular flexibility index (Phi) is 5.35. The maximum absolute atomic E-state index is 13.5. The van der Waals surface area contributed by atoms with Crippen LogP contribution in [0.25, 0.3) is 11.0 Å². The summed E-state index contributed by atoms with van der Waals surface area (Å²) in [7, 11) is -3.58. The second-order valence-corrected chi connectivity index (χ2v) is 10.9. The van der Waals surface area contributed by atoms with E-state index in [4.69, 9.17) is 0 Å². The number of hydrogen-bond donors (Lipinski definition) is 0. The first-order valence-electron chi connectivity index (χ1n) is 10.5. The lowest BCUT2D eigenvalue weighted by Gasteiger charge is -2.36. The predicted molar refractivity (Wildman–Crippen MR) is 119 cm³/mol. The topological polar surface area (TPSA) is 66.4 Å². The summed E-state index contributed by atoms with van der Waals surface area (Å²) in [5.41, 5.74) is 5.01. The van der Waals surface area contributed by atoms with Crippen LogP contribution in [0.1, 0.15) is 29.5 Å². The molecule has 0 amide bonds. The van der Waals surface area contributed by atoms with E-state index < -0.39 is 10.0 Å². The molecule has 0 bridgehead atoms. The summed E-state index contributed by atoms with van der Waals surface area (Å²) in [6.07, 6.45) is 3.05. The molecule has 0 saturated carbocycles. The second-order valence-electron chi connectivity index (χ2n) is 8.47. The van der Waals surface area contributed by atoms with E-state index in [1.165, 1.54) is 11.1 Å². The van der Waals surface area contributed by atoms with Gasteiger partial charge >= 0.3 is 0 Å². The van der Waals surface area contributed by atoms with E-state index in [0.29, 0.717) is 34.9 Å². The van der Waals surface area contributed by atoms with Gasteiger partial charge in [0.05, 0.1) is 11.7 Å². The smallest absolute Gasteiger partial charge is 0.245 e. The van der Waals surface area contributed by atoms with E-state index in [9.17, 15) is 8.42 Å². The summed E-state index contributed by atoms with van der Waals surface area (Å²) in [6, 6.07) is 12.2. The molecule has 2 aliphatic rings. The molecule has 158 valence electrons. The summed E-state index contributed by atoms with van der Waals surface area (Å²) in [4.78, 5) is 2.78. The van der Waals surface area contributed by atoms with Gasteiger partial charge in [-0.2, -0.15) is 13.1 Å². The third-order valence-corrected chi connectivity index (χ3v) is 8.83. The summed E-state index contributed by atoms with van der Waals surface area (Å²) < 4.78 is 37.2. The van der Waals surface area contributed by atoms with Crippen LogP contribution in [-0.2, 0) is 23.0 Å². The first kappa shape index (κ1) is 20.1. The molecule has 0 radical (unpaired) electrons. The Morgan fingerprint density at radius 2 is 1.87 bits per heavy atom. The highest BCUT2D eigenvalue weighted by molar-refractivity contribution is 7.89. The van der Waals surface area contributed by atoms with Gasteiger partial charge < -0.3 is 0 Å². The average Bonchev–Trinajstić information content (AvgIpc) is 3.25. The van der Waals surface area contributed by atoms with Crippen molar-refractivity contribution in [2.75, 3.05) is 26.2 Å². The lowest BCUT2D eigenvalue weighted by atomic mass is 9.95. The van der Waals surface area contributed by atoms with Gasteiger partial charge in [0, 0.05) is 32.7 Å². The molecule has 30 heavy (non-hydrogen) atoms. The van der Waals surface area contributed by atoms with Crippen LogP contribution in [0.2, 0.25) is 0 Å². The standard InChI is InChI=1S/C22H26N4O2S2/c1-16-8-9-20(22-21(16)23-29-24-22)30(27,28)26-11-4-5-17(14-26)13-25-12-10-18-6-2-3-7-19(18)15-25/h2-3,6-9,17H,4-5,10-15H2,1H3. The van der Waals surface area contributed by atoms with Crippen molar-refractivity contribution in [3.05, 3.63) is 53.1 Å². The third-order valence-electron chi connectivity index (χ3n) is 6.41. The molecule has 1 aromatic heterocycles. The van der Waals surface area contributed by atoms with E-state index in [1.54, 1.807) is 10.4 Å². The Morgan fingerprint density at radius 3 is 2.73 bits per heavy atom. The molecule has 3 heterocycles. The van der Waals surface area contributed by atoms with E-state index in [0.717, 1.165) is 56.2 Å². The number of sulfonamides is 1. The van der Waals surface area contributed by atoms with Gasteiger partial charge in [-0.15, -0.1) is 0 Å². The quantitative estimate of drug-likeness (QED) is 0.619. The Hall–Kier alpha value is -1.87. The molecule has 2 aliphatic heterocycles. The molecule has 1 saturated heterocycles. The monoisotopic (exact) mass is 442 g/mol. The van der Waals surface area contributed by atoms with Crippen molar-refractivity contribution in [2.24, 2.45) is 5.92 Å². The number of fused-ring (bicyclic) bond motifs is 2. The fraction of sp³-hybridized carbons (Fsp3) is 0.455. The fourth-order valence-electron chi connectivity index (χ4n) is 4.78. The Morgan fingerprint density at radius 1 is 1.07 bits per heavy atom. The molecule has 1 unspecified atom stereocenters. The molecule has 2 aromatic carbocycles. The van der Waals surface area contributed by atoms with Gasteiger partial charge in [-0.1, -0.05) is 30.3 Å². The minimum absolute atomic E-state index is 0.296. The van der Waals surface area contributed by atoms with Crippen LogP contribution in [0.4, 0.5) is 0 Å². The number of benzene rings is 2. The van der Waals surface area contributed by atoms with Gasteiger partial charge in [-0.25, -0.2) is 8.42 Å². The molecule has 0 spiro atoms. The molecule has 0 N–H and O–H groups in total. The molecule has 8 heteroatoms. The van der Waals surface area contributed by atoms with Crippen molar-refractivity contribution >= 4 is 32.8 Å². The van der Waals surface area contributed by atoms with Crippen molar-refractivity contribution in [1.82, 2.24) is 18.0 Å². The van der Waals surface area contributed by atoms with Crippen LogP contribution in [0.5, 0.6) is 0 Å². The van der Waals surface area contributed by atoms with E-state index in [2.05, 4.69) is 37.9 Å². The molecule has 6 nitrogen and oxygen atoms in total. The highest BCUT2D eigenvalue weighted by Gasteiger charge is 2.33. The molecular weight excluding hydrogens is 416 g/mol. The van der Waals surface area contributed by atoms with Crippen LogP contribution in [0, 0.1) is 12.8 Å². The number of hydrogen-bond acceptors (Lipinski definition) is 6. The van der Waals surface area contributed by atoms with Gasteiger partial charge in [0.2, 0.25) is 10.0 Å². The predicted octanol–water partition coefficient (Wildman–Crippen LogP) is 3.46. The van der Waals surface area contributed by atoms with Gasteiger partial charge in [0.15, 0.2) is 0 Å². The lowest BCUT2D eigenvalue weighted by Crippen LogP contribution is -2.44. The molecular formula is C22H26N4O2S2. The highest BCUT2D eigenvalue weighted by atomic mass is 32.2. The van der Waals surface area contributed by atoms with Gasteiger partial charge in [0.1, 0.15) is 15.9 Å². The lowest BCUT2D eigenvalue weighted by molar-refractivity contribution is 0.167. The molecule has 0 aliphatic carbocycles. The van der Waals surface area contributed by atoms with Crippen LogP contribution in [-0.4, -0.2) is 52.5 Å². The molecule has 1 atom stereocenters. The summed E-state index contributed by atoms with van der Waals surface area (Å²) >= 11 is 1.07. The number of rotatable bonds is 4. The number of piperidine rings is 1. The van der Waals surface area contributed by atoms with E-state index in [1.807, 2.05) is 13.0 Å². The Labute approximate surface area is 181 Å². The number of aryl methyl sites for hydroxylation is 1. The SMILES string of the molecule is Cc1ccc(S(=O)(=O)N2CCCC(CN3CCc4ccccc4C3)C2)c2nsnc12. The molecule has 1 fully saturated rings. The van der Waals surface area contributed by atoms with Crippen LogP contribution < -0.4 is 0 Å². The van der Waals surface area contributed by atoms with Gasteiger partial charge in [0.25, 0.3) is 0 Å². The van der Waals surface area contributed by atoms with Crippen molar-refractivity contribution in [3.63, 3.8) is 0 Å². The second kappa shape index (κ2) is 8.00. The molecule has 3 aromatic rings. The van der Waals surface area contributed by atoms with Crippen LogP contribution in [0.3, 0.4) is 0 Å². The zero-order valence-electron chi connectivity index (χ0n) is 17.1. The van der Waals surface area contributed by atoms with Crippen LogP contribution in [0.15, 0.2) is 41.3 Å². The van der Waals surface area contributed by atoms with Gasteiger partial charge in [-0.3, -0.25) is 4.90 Å². The minimum Gasteiger partial charge on any atom is -0.298 e. The maximum atomic E-state index is 13.5. The van der Waals surface area contributed by atoms with Crippen molar-refractivity contribution < 1.29 is 8.42 Å². The fourth-order valence-corrected chi connectivity index (χ4v) is 7.14. The van der Waals surface area contributed by atoms with Crippen molar-refractivity contribution in [3.8, 4) is 0 Å². The average molecular weight is 443 g/mol. The largest absolute Gasteiger partial charge is 0.298 e. The van der Waals surface area contributed by atoms with Crippen molar-refractivity contribution in [1.29, 1.82) is 0 Å². The number of aromatic nitrogens is 2.